The van der Waals surface area contributed by atoms with Crippen molar-refractivity contribution < 1.29 is 14.3 Å². The van der Waals surface area contributed by atoms with E-state index in [1.165, 1.54) is 31.7 Å². The van der Waals surface area contributed by atoms with Gasteiger partial charge in [-0.3, -0.25) is 4.79 Å². The Labute approximate surface area is 197 Å². The van der Waals surface area contributed by atoms with Gasteiger partial charge in [0.15, 0.2) is 5.65 Å². The minimum absolute atomic E-state index is 0.0619. The topological polar surface area (TPSA) is 74.0 Å². The summed E-state index contributed by atoms with van der Waals surface area (Å²) in [4.78, 5) is 21.0. The molecule has 0 saturated heterocycles. The molecule has 33 heavy (non-hydrogen) atoms. The van der Waals surface area contributed by atoms with E-state index < -0.39 is 5.82 Å². The van der Waals surface area contributed by atoms with Crippen molar-refractivity contribution in [3.63, 3.8) is 0 Å². The summed E-state index contributed by atoms with van der Waals surface area (Å²) < 4.78 is 14.8. The molecule has 0 radical (unpaired) electrons. The maximum absolute atomic E-state index is 13.1. The van der Waals surface area contributed by atoms with E-state index in [1.807, 2.05) is 13.8 Å². The molecular weight excluding hydrogens is 445 g/mol. The van der Waals surface area contributed by atoms with Gasteiger partial charge in [0.25, 0.3) is 5.91 Å². The third kappa shape index (κ3) is 4.54. The lowest BCUT2D eigenvalue weighted by atomic mass is 10.1. The molecule has 5 rings (SSSR count). The number of hydrogen-bond donors (Lipinski definition) is 1. The van der Waals surface area contributed by atoms with E-state index in [2.05, 4.69) is 29.1 Å². The molecule has 3 aromatic rings. The lowest BCUT2D eigenvalue weighted by Crippen LogP contribution is -2.26. The van der Waals surface area contributed by atoms with E-state index in [1.54, 1.807) is 9.42 Å². The number of phenols is 1. The summed E-state index contributed by atoms with van der Waals surface area (Å²) in [7, 11) is 4.35. The second-order valence-electron chi connectivity index (χ2n) is 8.98. The summed E-state index contributed by atoms with van der Waals surface area (Å²) in [5, 5.41) is 14.9. The van der Waals surface area contributed by atoms with E-state index >= 15 is 0 Å². The number of fused-ring (bicyclic) bond motifs is 3. The summed E-state index contributed by atoms with van der Waals surface area (Å²) in [5.74, 6) is -1.35. The predicted octanol–water partition coefficient (Wildman–Crippen LogP) is 4.49. The average molecular weight is 474 g/mol. The number of aryl methyl sites for hydroxylation is 2. The number of benzene rings is 1. The second kappa shape index (κ2) is 9.27. The lowest BCUT2D eigenvalue weighted by molar-refractivity contribution is 0.0746. The largest absolute Gasteiger partial charge is 0.507 e. The molecule has 1 saturated carbocycles. The summed E-state index contributed by atoms with van der Waals surface area (Å²) in [6, 6.07) is 4.25. The van der Waals surface area contributed by atoms with Gasteiger partial charge in [0, 0.05) is 17.7 Å². The molecule has 3 heterocycles. The van der Waals surface area contributed by atoms with Gasteiger partial charge in [-0.15, -0.1) is 0 Å². The van der Waals surface area contributed by atoms with Crippen molar-refractivity contribution in [2.45, 2.75) is 58.7 Å². The Hall–Kier alpha value is -2.71. The summed E-state index contributed by atoms with van der Waals surface area (Å²) in [6.07, 6.45) is 5.74. The highest BCUT2D eigenvalue weighted by Crippen LogP contribution is 2.31. The van der Waals surface area contributed by atoms with Gasteiger partial charge in [-0.05, 0) is 52.9 Å². The van der Waals surface area contributed by atoms with Crippen LogP contribution >= 0.6 is 11.6 Å². The maximum Gasteiger partial charge on any atom is 0.258 e. The molecule has 0 bridgehead atoms. The van der Waals surface area contributed by atoms with Crippen LogP contribution in [0.15, 0.2) is 18.2 Å². The van der Waals surface area contributed by atoms with Crippen LogP contribution < -0.4 is 0 Å². The number of aromatic hydroxyl groups is 1. The van der Waals surface area contributed by atoms with Crippen molar-refractivity contribution in [3.05, 3.63) is 57.2 Å². The lowest BCUT2D eigenvalue weighted by Gasteiger charge is -2.17. The van der Waals surface area contributed by atoms with Gasteiger partial charge in [0.05, 0.1) is 40.8 Å². The van der Waals surface area contributed by atoms with Crippen molar-refractivity contribution in [2.24, 2.45) is 0 Å². The Balaban J connectivity index is 0.000000275. The molecule has 1 aromatic carbocycles. The Morgan fingerprint density at radius 2 is 1.91 bits per heavy atom. The number of phenolic OH excluding ortho intramolecular Hbond substituents is 1. The Kier molecular flexibility index (Phi) is 6.59. The first kappa shape index (κ1) is 23.4. The minimum Gasteiger partial charge on any atom is -0.507 e. The van der Waals surface area contributed by atoms with Crippen LogP contribution in [0, 0.1) is 19.7 Å². The van der Waals surface area contributed by atoms with Crippen LogP contribution in [0.4, 0.5) is 4.39 Å². The third-order valence-electron chi connectivity index (χ3n) is 6.49. The molecule has 0 spiro atoms. The van der Waals surface area contributed by atoms with Crippen LogP contribution in [0.2, 0.25) is 5.02 Å². The number of carbonyl (C=O) groups is 1. The third-order valence-corrected chi connectivity index (χ3v) is 7.04. The molecule has 2 aliphatic rings. The Bertz CT molecular complexity index is 1200. The molecule has 1 fully saturated rings. The summed E-state index contributed by atoms with van der Waals surface area (Å²) in [5.41, 5.74) is 3.84. The average Bonchev–Trinajstić information content (AvgIpc) is 3.49. The van der Waals surface area contributed by atoms with Crippen molar-refractivity contribution in [1.29, 1.82) is 0 Å². The standard InChI is InChI=1S/C17H14ClFN4O2.C7H15N/c1-8-15(18)9(2)23-16(20-8)12-6-22(7-13(12)21-23)17(25)11-4-3-10(19)5-14(11)24;1-8(2)7-5-3-4-6-7/h3-5,24H,6-7H2,1-2H3;7H,3-6H2,1-2H3. The zero-order chi connectivity index (χ0) is 23.9. The SMILES string of the molecule is CN(C)C1CCCC1.Cc1nc2c3c(nn2c(C)c1Cl)CN(C(=O)c1ccc(F)cc1O)C3. The van der Waals surface area contributed by atoms with Crippen molar-refractivity contribution in [3.8, 4) is 5.75 Å². The van der Waals surface area contributed by atoms with Crippen LogP contribution in [-0.2, 0) is 13.1 Å². The van der Waals surface area contributed by atoms with Crippen LogP contribution in [0.3, 0.4) is 0 Å². The Morgan fingerprint density at radius 3 is 2.52 bits per heavy atom. The van der Waals surface area contributed by atoms with Gasteiger partial charge in [-0.1, -0.05) is 24.4 Å². The molecule has 2 aromatic heterocycles. The fourth-order valence-electron chi connectivity index (χ4n) is 4.53. The number of carbonyl (C=O) groups excluding carboxylic acids is 1. The smallest absolute Gasteiger partial charge is 0.258 e. The fourth-order valence-corrected chi connectivity index (χ4v) is 4.66. The minimum atomic E-state index is -0.594. The number of halogens is 2. The molecule has 9 heteroatoms. The van der Waals surface area contributed by atoms with E-state index in [0.717, 1.165) is 35.1 Å². The van der Waals surface area contributed by atoms with Crippen LogP contribution in [-0.4, -0.2) is 55.5 Å². The number of nitrogens with zero attached hydrogens (tertiary/aromatic N) is 5. The molecule has 0 unspecified atom stereocenters. The maximum atomic E-state index is 13.1. The van der Waals surface area contributed by atoms with Crippen molar-refractivity contribution >= 4 is 23.2 Å². The highest BCUT2D eigenvalue weighted by atomic mass is 35.5. The fraction of sp³-hybridized carbons (Fsp3) is 0.458. The number of aromatic nitrogens is 3. The van der Waals surface area contributed by atoms with Gasteiger partial charge in [0.2, 0.25) is 0 Å². The second-order valence-corrected chi connectivity index (χ2v) is 9.36. The normalized spacial score (nSPS) is 15.8. The first-order chi connectivity index (χ1) is 15.7. The number of hydrogen-bond acceptors (Lipinski definition) is 5. The molecule has 0 atom stereocenters. The van der Waals surface area contributed by atoms with E-state index in [-0.39, 0.29) is 17.2 Å². The van der Waals surface area contributed by atoms with E-state index in [0.29, 0.717) is 29.5 Å². The van der Waals surface area contributed by atoms with E-state index in [9.17, 15) is 14.3 Å². The van der Waals surface area contributed by atoms with E-state index in [4.69, 9.17) is 11.6 Å². The van der Waals surface area contributed by atoms with Crippen LogP contribution in [0.1, 0.15) is 58.7 Å². The van der Waals surface area contributed by atoms with Crippen molar-refractivity contribution in [2.75, 3.05) is 14.1 Å². The molecule has 176 valence electrons. The van der Waals surface area contributed by atoms with Gasteiger partial charge >= 0.3 is 0 Å². The molecule has 7 nitrogen and oxygen atoms in total. The van der Waals surface area contributed by atoms with Gasteiger partial charge in [-0.25, -0.2) is 13.9 Å². The number of amides is 1. The van der Waals surface area contributed by atoms with Crippen molar-refractivity contribution in [1.82, 2.24) is 24.4 Å². The zero-order valence-electron chi connectivity index (χ0n) is 19.4. The monoisotopic (exact) mass is 473 g/mol. The molecule has 1 amide bonds. The predicted molar refractivity (Wildman–Crippen MR) is 125 cm³/mol. The zero-order valence-corrected chi connectivity index (χ0v) is 20.2. The highest BCUT2D eigenvalue weighted by molar-refractivity contribution is 6.31. The van der Waals surface area contributed by atoms with Gasteiger partial charge in [-0.2, -0.15) is 5.10 Å². The first-order valence-corrected chi connectivity index (χ1v) is 11.5. The van der Waals surface area contributed by atoms with Gasteiger partial charge < -0.3 is 14.9 Å². The summed E-state index contributed by atoms with van der Waals surface area (Å²) >= 11 is 6.22. The summed E-state index contributed by atoms with van der Waals surface area (Å²) in [6.45, 7) is 4.31. The number of rotatable bonds is 2. The highest BCUT2D eigenvalue weighted by Gasteiger charge is 2.31. The molecule has 1 aliphatic carbocycles. The molecule has 1 N–H and O–H groups in total. The Morgan fingerprint density at radius 1 is 1.21 bits per heavy atom. The van der Waals surface area contributed by atoms with Crippen LogP contribution in [0.25, 0.3) is 5.65 Å². The quantitative estimate of drug-likeness (QED) is 0.593. The first-order valence-electron chi connectivity index (χ1n) is 11.1. The van der Waals surface area contributed by atoms with Crippen LogP contribution in [0.5, 0.6) is 5.75 Å². The molecular formula is C24H29ClFN5O2. The molecule has 1 aliphatic heterocycles. The van der Waals surface area contributed by atoms with Gasteiger partial charge in [0.1, 0.15) is 11.6 Å².